The number of nitrogens with zero attached hydrogens (tertiary/aromatic N) is 1. The van der Waals surface area contributed by atoms with E-state index in [0.717, 1.165) is 22.4 Å². The van der Waals surface area contributed by atoms with Crippen LogP contribution in [0.25, 0.3) is 16.8 Å². The Kier molecular flexibility index (Phi) is 3.71. The van der Waals surface area contributed by atoms with E-state index >= 15 is 0 Å². The van der Waals surface area contributed by atoms with Gasteiger partial charge in [-0.2, -0.15) is 0 Å². The number of nitrogens with two attached hydrogens (primary N) is 1. The average Bonchev–Trinajstić information content (AvgIpc) is 2.47. The van der Waals surface area contributed by atoms with E-state index in [1.54, 1.807) is 6.07 Å². The smallest absolute Gasteiger partial charge is 0.131 e. The van der Waals surface area contributed by atoms with Crippen molar-refractivity contribution in [1.29, 1.82) is 0 Å². The second-order valence-corrected chi connectivity index (χ2v) is 5.69. The third-order valence-electron chi connectivity index (χ3n) is 4.01. The molecule has 3 nitrogen and oxygen atoms in total. The molecule has 0 unspecified atom stereocenters. The Morgan fingerprint density at radius 2 is 2.14 bits per heavy atom. The first kappa shape index (κ1) is 14.7. The van der Waals surface area contributed by atoms with Crippen LogP contribution in [0.5, 0.6) is 0 Å². The molecule has 0 radical (unpaired) electrons. The zero-order valence-corrected chi connectivity index (χ0v) is 12.8. The zero-order chi connectivity index (χ0) is 15.9. The van der Waals surface area contributed by atoms with Crippen LogP contribution in [-0.2, 0) is 11.2 Å². The van der Waals surface area contributed by atoms with Crippen LogP contribution < -0.4 is 5.73 Å². The van der Waals surface area contributed by atoms with E-state index < -0.39 is 0 Å². The summed E-state index contributed by atoms with van der Waals surface area (Å²) < 4.78 is 20.1. The lowest BCUT2D eigenvalue weighted by Crippen LogP contribution is -2.18. The molecule has 4 heteroatoms. The van der Waals surface area contributed by atoms with Gasteiger partial charge >= 0.3 is 0 Å². The second kappa shape index (κ2) is 5.54. The molecule has 1 aliphatic heterocycles. The van der Waals surface area contributed by atoms with Gasteiger partial charge in [-0.3, -0.25) is 0 Å². The molecule has 0 bridgehead atoms. The van der Waals surface area contributed by atoms with E-state index in [1.165, 1.54) is 0 Å². The van der Waals surface area contributed by atoms with Gasteiger partial charge in [-0.1, -0.05) is 18.7 Å². The molecule has 1 aromatic heterocycles. The Bertz CT molecular complexity index is 755. The first-order valence-corrected chi connectivity index (χ1v) is 7.34. The highest BCUT2D eigenvalue weighted by atomic mass is 19.1. The van der Waals surface area contributed by atoms with Crippen LogP contribution in [0.15, 0.2) is 30.8 Å². The highest BCUT2D eigenvalue weighted by Crippen LogP contribution is 2.35. The van der Waals surface area contributed by atoms with Crippen molar-refractivity contribution < 1.29 is 9.13 Å². The fourth-order valence-corrected chi connectivity index (χ4v) is 2.85. The van der Waals surface area contributed by atoms with Gasteiger partial charge in [-0.15, -0.1) is 0 Å². The molecule has 1 aliphatic rings. The monoisotopic (exact) mass is 298 g/mol. The molecular formula is C18H19FN2O. The number of hydrogen-bond donors (Lipinski definition) is 1. The van der Waals surface area contributed by atoms with E-state index in [1.807, 2.05) is 32.0 Å². The molecule has 114 valence electrons. The number of fused-ring (bicyclic) bond motifs is 1. The molecular weight excluding hydrogens is 279 g/mol. The Morgan fingerprint density at radius 3 is 2.82 bits per heavy atom. The number of ether oxygens (including phenoxy) is 1. The maximum atomic E-state index is 14.4. The third-order valence-corrected chi connectivity index (χ3v) is 4.01. The van der Waals surface area contributed by atoms with Gasteiger partial charge < -0.3 is 10.5 Å². The molecule has 3 rings (SSSR count). The van der Waals surface area contributed by atoms with Gasteiger partial charge in [0.2, 0.25) is 0 Å². The zero-order valence-electron chi connectivity index (χ0n) is 12.8. The van der Waals surface area contributed by atoms with E-state index in [-0.39, 0.29) is 11.9 Å². The summed E-state index contributed by atoms with van der Waals surface area (Å²) in [5.74, 6) is -0.235. The van der Waals surface area contributed by atoms with Gasteiger partial charge in [0.05, 0.1) is 29.8 Å². The molecule has 22 heavy (non-hydrogen) atoms. The lowest BCUT2D eigenvalue weighted by Gasteiger charge is -2.25. The Balaban J connectivity index is 2.27. The predicted molar refractivity (Wildman–Crippen MR) is 85.7 cm³/mol. The average molecular weight is 298 g/mol. The van der Waals surface area contributed by atoms with Crippen LogP contribution in [0.2, 0.25) is 0 Å². The van der Waals surface area contributed by atoms with Gasteiger partial charge in [-0.25, -0.2) is 9.37 Å². The number of aryl methyl sites for hydroxylation is 1. The number of hydrogen-bond acceptors (Lipinski definition) is 3. The summed E-state index contributed by atoms with van der Waals surface area (Å²) in [5.41, 5.74) is 10.9. The highest BCUT2D eigenvalue weighted by molar-refractivity contribution is 5.73. The van der Waals surface area contributed by atoms with E-state index in [0.29, 0.717) is 30.0 Å². The van der Waals surface area contributed by atoms with Gasteiger partial charge in [-0.05, 0) is 49.1 Å². The second-order valence-electron chi connectivity index (χ2n) is 5.69. The third kappa shape index (κ3) is 2.50. The van der Waals surface area contributed by atoms with Crippen molar-refractivity contribution in [3.05, 3.63) is 59.2 Å². The molecule has 2 heterocycles. The van der Waals surface area contributed by atoms with Gasteiger partial charge in [0.1, 0.15) is 5.82 Å². The Labute approximate surface area is 129 Å². The summed E-state index contributed by atoms with van der Waals surface area (Å²) in [5, 5.41) is 0. The molecule has 0 aliphatic carbocycles. The molecule has 1 atom stereocenters. The summed E-state index contributed by atoms with van der Waals surface area (Å²) in [6, 6.07) is 7.09. The summed E-state index contributed by atoms with van der Waals surface area (Å²) in [4.78, 5) is 4.56. The van der Waals surface area contributed by atoms with Crippen molar-refractivity contribution in [3.63, 3.8) is 0 Å². The van der Waals surface area contributed by atoms with E-state index in [2.05, 4.69) is 11.6 Å². The maximum Gasteiger partial charge on any atom is 0.131 e. The molecule has 2 aromatic rings. The van der Waals surface area contributed by atoms with Crippen molar-refractivity contribution in [1.82, 2.24) is 4.98 Å². The van der Waals surface area contributed by atoms with Crippen LogP contribution in [0.1, 0.15) is 35.5 Å². The number of rotatable bonds is 2. The van der Waals surface area contributed by atoms with Crippen molar-refractivity contribution in [2.24, 2.45) is 5.73 Å². The topological polar surface area (TPSA) is 48.1 Å². The summed E-state index contributed by atoms with van der Waals surface area (Å²) in [7, 11) is 0. The predicted octanol–water partition coefficient (Wildman–Crippen LogP) is 3.76. The Hall–Kier alpha value is -2.20. The summed E-state index contributed by atoms with van der Waals surface area (Å²) in [6.07, 6.45) is 0.586. The maximum absolute atomic E-state index is 14.4. The molecule has 0 saturated heterocycles. The molecule has 0 fully saturated rings. The minimum Gasteiger partial charge on any atom is -0.397 e. The van der Waals surface area contributed by atoms with Crippen LogP contribution in [0.4, 0.5) is 4.39 Å². The van der Waals surface area contributed by atoms with Crippen molar-refractivity contribution >= 4 is 5.70 Å². The lowest BCUT2D eigenvalue weighted by atomic mass is 9.92. The fraction of sp³-hybridized carbons (Fsp3) is 0.278. The van der Waals surface area contributed by atoms with Crippen LogP contribution in [-0.4, -0.2) is 11.6 Å². The molecule has 0 amide bonds. The minimum absolute atomic E-state index is 0.129. The number of aromatic nitrogens is 1. The largest absolute Gasteiger partial charge is 0.397 e. The number of benzene rings is 1. The van der Waals surface area contributed by atoms with Crippen molar-refractivity contribution in [3.8, 4) is 11.1 Å². The number of halogens is 1. The summed E-state index contributed by atoms with van der Waals surface area (Å²) >= 11 is 0. The van der Waals surface area contributed by atoms with Gasteiger partial charge in [0.25, 0.3) is 0 Å². The molecule has 2 N–H and O–H groups in total. The quantitative estimate of drug-likeness (QED) is 0.918. The standard InChI is InChI=1S/C18H19FN2O/c1-10-4-5-13(16(19)8-10)15-9-17(11(2)20)21-18-12(3)22-7-6-14(15)18/h4-5,8-9,12H,2,6-7,20H2,1,3H3/t12-/m1/s1. The normalized spacial score (nSPS) is 17.1. The lowest BCUT2D eigenvalue weighted by molar-refractivity contribution is 0.0522. The van der Waals surface area contributed by atoms with Gasteiger partial charge in [0, 0.05) is 5.56 Å². The van der Waals surface area contributed by atoms with Crippen molar-refractivity contribution in [2.75, 3.05) is 6.61 Å². The molecule has 0 spiro atoms. The van der Waals surface area contributed by atoms with Gasteiger partial charge in [0.15, 0.2) is 0 Å². The first-order chi connectivity index (χ1) is 10.5. The van der Waals surface area contributed by atoms with E-state index in [4.69, 9.17) is 10.5 Å². The van der Waals surface area contributed by atoms with Crippen LogP contribution in [0.3, 0.4) is 0 Å². The summed E-state index contributed by atoms with van der Waals surface area (Å²) in [6.45, 7) is 8.18. The van der Waals surface area contributed by atoms with E-state index in [9.17, 15) is 4.39 Å². The van der Waals surface area contributed by atoms with Crippen LogP contribution in [0, 0.1) is 12.7 Å². The highest BCUT2D eigenvalue weighted by Gasteiger charge is 2.24. The SMILES string of the molecule is C=C(N)c1cc(-c2ccc(C)cc2F)c2c(n1)[C@@H](C)OCC2. The first-order valence-electron chi connectivity index (χ1n) is 7.34. The molecule has 1 aromatic carbocycles. The number of pyridine rings is 1. The minimum atomic E-state index is -0.235. The molecule has 0 saturated carbocycles. The Morgan fingerprint density at radius 1 is 1.36 bits per heavy atom. The van der Waals surface area contributed by atoms with Crippen LogP contribution >= 0.6 is 0 Å². The fourth-order valence-electron chi connectivity index (χ4n) is 2.85. The van der Waals surface area contributed by atoms with Crippen molar-refractivity contribution in [2.45, 2.75) is 26.4 Å².